The largest absolute Gasteiger partial charge is 0.453 e. The van der Waals surface area contributed by atoms with Crippen molar-refractivity contribution >= 4 is 35.8 Å². The van der Waals surface area contributed by atoms with Gasteiger partial charge in [0.2, 0.25) is 5.95 Å². The van der Waals surface area contributed by atoms with Gasteiger partial charge in [0.1, 0.15) is 0 Å². The number of anilines is 1. The normalized spacial score (nSPS) is 10.3. The van der Waals surface area contributed by atoms with Crippen LogP contribution in [0.1, 0.15) is 0 Å². The maximum atomic E-state index is 10.9. The Labute approximate surface area is 90.5 Å². The number of rotatable bonds is 1. The van der Waals surface area contributed by atoms with Crippen molar-refractivity contribution in [2.75, 3.05) is 12.4 Å². The van der Waals surface area contributed by atoms with Gasteiger partial charge in [-0.15, -0.1) is 12.6 Å². The minimum Gasteiger partial charge on any atom is -0.453 e. The summed E-state index contributed by atoms with van der Waals surface area (Å²) in [5.41, 5.74) is 1.22. The highest BCUT2D eigenvalue weighted by atomic mass is 32.1. The molecule has 0 spiro atoms. The molecular weight excluding hydrogens is 216 g/mol. The molecule has 6 nitrogen and oxygen atoms in total. The number of pyridine rings is 1. The van der Waals surface area contributed by atoms with Gasteiger partial charge in [0.15, 0.2) is 5.65 Å². The monoisotopic (exact) mass is 224 g/mol. The molecule has 15 heavy (non-hydrogen) atoms. The van der Waals surface area contributed by atoms with E-state index in [0.29, 0.717) is 17.1 Å². The lowest BCUT2D eigenvalue weighted by atomic mass is 10.4. The number of nitrogens with zero attached hydrogens (tertiary/aromatic N) is 2. The van der Waals surface area contributed by atoms with Crippen molar-refractivity contribution in [1.29, 1.82) is 0 Å². The molecule has 0 aliphatic carbocycles. The van der Waals surface area contributed by atoms with Gasteiger partial charge in [-0.3, -0.25) is 5.32 Å². The number of thiol groups is 1. The van der Waals surface area contributed by atoms with Crippen LogP contribution in [0.2, 0.25) is 0 Å². The standard InChI is InChI=1S/C8H8N4O2S/c1-14-8(13)12-7-10-5-2-4(15)3-9-6(5)11-7/h2-3,15H,1H3,(H2,9,10,11,12,13). The molecule has 2 rings (SSSR count). The van der Waals surface area contributed by atoms with Gasteiger partial charge in [0.25, 0.3) is 0 Å². The molecule has 0 aliphatic heterocycles. The summed E-state index contributed by atoms with van der Waals surface area (Å²) in [4.78, 5) is 22.5. The molecule has 0 unspecified atom stereocenters. The summed E-state index contributed by atoms with van der Waals surface area (Å²) < 4.78 is 4.43. The lowest BCUT2D eigenvalue weighted by Gasteiger charge is -1.96. The van der Waals surface area contributed by atoms with Crippen LogP contribution in [0, 0.1) is 0 Å². The number of ether oxygens (including phenoxy) is 1. The summed E-state index contributed by atoms with van der Waals surface area (Å²) in [5, 5.41) is 2.41. The van der Waals surface area contributed by atoms with E-state index in [-0.39, 0.29) is 0 Å². The molecule has 0 radical (unpaired) electrons. The van der Waals surface area contributed by atoms with Crippen LogP contribution in [0.4, 0.5) is 10.7 Å². The Kier molecular flexibility index (Phi) is 2.46. The van der Waals surface area contributed by atoms with Crippen molar-refractivity contribution in [3.63, 3.8) is 0 Å². The number of hydrogen-bond acceptors (Lipinski definition) is 5. The van der Waals surface area contributed by atoms with E-state index in [2.05, 4.69) is 37.6 Å². The van der Waals surface area contributed by atoms with Crippen LogP contribution in [-0.4, -0.2) is 28.2 Å². The Morgan fingerprint density at radius 3 is 3.20 bits per heavy atom. The van der Waals surface area contributed by atoms with Crippen LogP contribution in [-0.2, 0) is 4.74 Å². The number of imidazole rings is 1. The predicted octanol–water partition coefficient (Wildman–Crippen LogP) is 1.42. The molecule has 0 bridgehead atoms. The molecule has 0 aromatic carbocycles. The minimum absolute atomic E-state index is 0.295. The molecule has 1 amide bonds. The van der Waals surface area contributed by atoms with Crippen molar-refractivity contribution in [2.24, 2.45) is 0 Å². The van der Waals surface area contributed by atoms with Crippen molar-refractivity contribution in [1.82, 2.24) is 15.0 Å². The van der Waals surface area contributed by atoms with Crippen LogP contribution >= 0.6 is 12.6 Å². The van der Waals surface area contributed by atoms with E-state index in [0.717, 1.165) is 4.90 Å². The minimum atomic E-state index is -0.583. The molecular formula is C8H8N4O2S. The lowest BCUT2D eigenvalue weighted by Crippen LogP contribution is -2.11. The number of carbonyl (C=O) groups is 1. The van der Waals surface area contributed by atoms with Gasteiger partial charge in [0, 0.05) is 11.1 Å². The molecule has 0 fully saturated rings. The smallest absolute Gasteiger partial charge is 0.413 e. The zero-order valence-electron chi connectivity index (χ0n) is 7.81. The summed E-state index contributed by atoms with van der Waals surface area (Å²) in [6.45, 7) is 0. The first-order valence-corrected chi connectivity index (χ1v) is 4.53. The van der Waals surface area contributed by atoms with Gasteiger partial charge in [0.05, 0.1) is 12.6 Å². The topological polar surface area (TPSA) is 79.9 Å². The first-order valence-electron chi connectivity index (χ1n) is 4.09. The second kappa shape index (κ2) is 3.77. The Balaban J connectivity index is 2.34. The first-order chi connectivity index (χ1) is 7.19. The van der Waals surface area contributed by atoms with Crippen LogP contribution in [0.3, 0.4) is 0 Å². The average Bonchev–Trinajstić information content (AvgIpc) is 2.59. The lowest BCUT2D eigenvalue weighted by molar-refractivity contribution is 0.186. The Bertz CT molecular complexity index is 510. The van der Waals surface area contributed by atoms with E-state index in [9.17, 15) is 4.79 Å². The van der Waals surface area contributed by atoms with Crippen LogP contribution in [0.5, 0.6) is 0 Å². The third-order valence-corrected chi connectivity index (χ3v) is 1.97. The number of fused-ring (bicyclic) bond motifs is 1. The van der Waals surface area contributed by atoms with Gasteiger partial charge in [-0.2, -0.15) is 4.98 Å². The molecule has 78 valence electrons. The summed E-state index contributed by atoms with van der Waals surface area (Å²) >= 11 is 4.14. The van der Waals surface area contributed by atoms with Gasteiger partial charge in [-0.25, -0.2) is 9.78 Å². The number of methoxy groups -OCH3 is 1. The third kappa shape index (κ3) is 2.01. The number of amides is 1. The van der Waals surface area contributed by atoms with E-state index in [1.54, 1.807) is 12.3 Å². The average molecular weight is 224 g/mol. The number of aromatic amines is 1. The maximum absolute atomic E-state index is 10.9. The van der Waals surface area contributed by atoms with Crippen LogP contribution < -0.4 is 5.32 Å². The molecule has 2 aromatic heterocycles. The zero-order chi connectivity index (χ0) is 10.8. The molecule has 0 aliphatic rings. The zero-order valence-corrected chi connectivity index (χ0v) is 8.71. The summed E-state index contributed by atoms with van der Waals surface area (Å²) in [5.74, 6) is 0.295. The number of aromatic nitrogens is 3. The summed E-state index contributed by atoms with van der Waals surface area (Å²) in [6, 6.07) is 1.76. The van der Waals surface area contributed by atoms with E-state index in [4.69, 9.17) is 0 Å². The SMILES string of the molecule is COC(=O)Nc1nc2ncc(S)cc2[nH]1. The first kappa shape index (κ1) is 9.78. The molecule has 0 atom stereocenters. The van der Waals surface area contributed by atoms with E-state index in [1.165, 1.54) is 7.11 Å². The van der Waals surface area contributed by atoms with Crippen molar-refractivity contribution in [3.8, 4) is 0 Å². The van der Waals surface area contributed by atoms with Crippen molar-refractivity contribution < 1.29 is 9.53 Å². The van der Waals surface area contributed by atoms with Crippen LogP contribution in [0.15, 0.2) is 17.2 Å². The number of carbonyl (C=O) groups excluding carboxylic acids is 1. The second-order valence-corrected chi connectivity index (χ2v) is 3.28. The van der Waals surface area contributed by atoms with Gasteiger partial charge >= 0.3 is 6.09 Å². The maximum Gasteiger partial charge on any atom is 0.413 e. The Hall–Kier alpha value is -1.76. The highest BCUT2D eigenvalue weighted by Crippen LogP contribution is 2.15. The van der Waals surface area contributed by atoms with Gasteiger partial charge < -0.3 is 9.72 Å². The second-order valence-electron chi connectivity index (χ2n) is 2.77. The summed E-state index contributed by atoms with van der Waals surface area (Å²) in [7, 11) is 1.28. The molecule has 2 heterocycles. The van der Waals surface area contributed by atoms with Gasteiger partial charge in [-0.05, 0) is 6.07 Å². The fourth-order valence-corrected chi connectivity index (χ4v) is 1.28. The summed E-state index contributed by atoms with van der Waals surface area (Å²) in [6.07, 6.45) is 0.994. The van der Waals surface area contributed by atoms with E-state index < -0.39 is 6.09 Å². The highest BCUT2D eigenvalue weighted by molar-refractivity contribution is 7.80. The fraction of sp³-hybridized carbons (Fsp3) is 0.125. The third-order valence-electron chi connectivity index (χ3n) is 1.73. The predicted molar refractivity (Wildman–Crippen MR) is 57.2 cm³/mol. The quantitative estimate of drug-likeness (QED) is 0.640. The molecule has 2 N–H and O–H groups in total. The van der Waals surface area contributed by atoms with Crippen molar-refractivity contribution in [2.45, 2.75) is 4.90 Å². The van der Waals surface area contributed by atoms with Gasteiger partial charge in [-0.1, -0.05) is 0 Å². The number of nitrogens with one attached hydrogen (secondary N) is 2. The molecule has 2 aromatic rings. The molecule has 0 saturated carbocycles. The number of H-pyrrole nitrogens is 1. The van der Waals surface area contributed by atoms with Crippen molar-refractivity contribution in [3.05, 3.63) is 12.3 Å². The van der Waals surface area contributed by atoms with E-state index >= 15 is 0 Å². The van der Waals surface area contributed by atoms with Crippen LogP contribution in [0.25, 0.3) is 11.2 Å². The number of hydrogen-bond donors (Lipinski definition) is 3. The molecule has 7 heteroatoms. The Morgan fingerprint density at radius 1 is 1.67 bits per heavy atom. The van der Waals surface area contributed by atoms with E-state index in [1.807, 2.05) is 0 Å². The molecule has 0 saturated heterocycles. The highest BCUT2D eigenvalue weighted by Gasteiger charge is 2.06. The fourth-order valence-electron chi connectivity index (χ4n) is 1.10. The Morgan fingerprint density at radius 2 is 2.47 bits per heavy atom.